The third kappa shape index (κ3) is 3.34. The molecule has 2 aromatic carbocycles. The highest BCUT2D eigenvalue weighted by Crippen LogP contribution is 2.25. The van der Waals surface area contributed by atoms with E-state index in [4.69, 9.17) is 4.74 Å². The van der Waals surface area contributed by atoms with Gasteiger partial charge in [-0.25, -0.2) is 0 Å². The minimum atomic E-state index is -0.232. The van der Waals surface area contributed by atoms with Gasteiger partial charge in [0.2, 0.25) is 0 Å². The number of aryl methyl sites for hydroxylation is 2. The van der Waals surface area contributed by atoms with Gasteiger partial charge in [0, 0.05) is 11.3 Å². The second kappa shape index (κ2) is 6.43. The van der Waals surface area contributed by atoms with Crippen molar-refractivity contribution in [3.63, 3.8) is 0 Å². The van der Waals surface area contributed by atoms with Gasteiger partial charge >= 0.3 is 0 Å². The lowest BCUT2D eigenvalue weighted by molar-refractivity contribution is 0.101. The number of carbonyl (C=O) groups excluding carboxylic acids is 2. The zero-order chi connectivity index (χ0) is 16.3. The fourth-order valence-electron chi connectivity index (χ4n) is 2.36. The Hall–Kier alpha value is -2.62. The molecule has 0 aromatic heterocycles. The molecule has 0 spiro atoms. The second-order valence-electron chi connectivity index (χ2n) is 5.25. The Morgan fingerprint density at radius 2 is 1.68 bits per heavy atom. The number of hydrogen-bond acceptors (Lipinski definition) is 3. The summed E-state index contributed by atoms with van der Waals surface area (Å²) in [5.41, 5.74) is 3.66. The number of ketones is 1. The average molecular weight is 297 g/mol. The van der Waals surface area contributed by atoms with Gasteiger partial charge in [0.15, 0.2) is 5.78 Å². The van der Waals surface area contributed by atoms with Crippen LogP contribution in [0.15, 0.2) is 36.4 Å². The van der Waals surface area contributed by atoms with E-state index in [9.17, 15) is 9.59 Å². The molecule has 0 aliphatic heterocycles. The molecule has 0 atom stereocenters. The molecule has 0 saturated carbocycles. The number of benzene rings is 2. The number of hydrogen-bond donors (Lipinski definition) is 1. The van der Waals surface area contributed by atoms with Crippen LogP contribution in [0.3, 0.4) is 0 Å². The van der Waals surface area contributed by atoms with Crippen molar-refractivity contribution in [2.24, 2.45) is 0 Å². The van der Waals surface area contributed by atoms with Crippen LogP contribution < -0.4 is 10.1 Å². The quantitative estimate of drug-likeness (QED) is 0.874. The molecule has 0 heterocycles. The van der Waals surface area contributed by atoms with Gasteiger partial charge in [-0.3, -0.25) is 9.59 Å². The number of amides is 1. The SMILES string of the molecule is COc1cc(C)cc(C)c1C(=O)Nc1ccc(C(C)=O)cc1. The zero-order valence-electron chi connectivity index (χ0n) is 13.2. The Labute approximate surface area is 130 Å². The predicted molar refractivity (Wildman–Crippen MR) is 86.9 cm³/mol. The van der Waals surface area contributed by atoms with Crippen LogP contribution in [0, 0.1) is 13.8 Å². The zero-order valence-corrected chi connectivity index (χ0v) is 13.2. The average Bonchev–Trinajstić information content (AvgIpc) is 2.46. The van der Waals surface area contributed by atoms with E-state index in [-0.39, 0.29) is 11.7 Å². The van der Waals surface area contributed by atoms with Crippen molar-refractivity contribution in [1.82, 2.24) is 0 Å². The van der Waals surface area contributed by atoms with Gasteiger partial charge in [0.25, 0.3) is 5.91 Å². The van der Waals surface area contributed by atoms with Gasteiger partial charge < -0.3 is 10.1 Å². The van der Waals surface area contributed by atoms with Crippen molar-refractivity contribution < 1.29 is 14.3 Å². The molecule has 22 heavy (non-hydrogen) atoms. The minimum absolute atomic E-state index is 0.00563. The van der Waals surface area contributed by atoms with Gasteiger partial charge in [0.1, 0.15) is 5.75 Å². The highest BCUT2D eigenvalue weighted by Gasteiger charge is 2.16. The topological polar surface area (TPSA) is 55.4 Å². The van der Waals surface area contributed by atoms with Crippen molar-refractivity contribution in [2.45, 2.75) is 20.8 Å². The molecule has 4 heteroatoms. The number of carbonyl (C=O) groups is 2. The van der Waals surface area contributed by atoms with Crippen molar-refractivity contribution in [3.8, 4) is 5.75 Å². The molecule has 0 radical (unpaired) electrons. The summed E-state index contributed by atoms with van der Waals surface area (Å²) >= 11 is 0. The predicted octanol–water partition coefficient (Wildman–Crippen LogP) is 3.77. The number of anilines is 1. The van der Waals surface area contributed by atoms with Gasteiger partial charge in [-0.05, 0) is 62.2 Å². The normalized spacial score (nSPS) is 10.2. The van der Waals surface area contributed by atoms with Crippen LogP contribution in [-0.2, 0) is 0 Å². The van der Waals surface area contributed by atoms with Gasteiger partial charge in [-0.15, -0.1) is 0 Å². The van der Waals surface area contributed by atoms with Crippen molar-refractivity contribution in [3.05, 3.63) is 58.7 Å². The van der Waals surface area contributed by atoms with Crippen LogP contribution in [-0.4, -0.2) is 18.8 Å². The lowest BCUT2D eigenvalue weighted by atomic mass is 10.0. The Kier molecular flexibility index (Phi) is 4.61. The van der Waals surface area contributed by atoms with Gasteiger partial charge in [-0.1, -0.05) is 6.07 Å². The minimum Gasteiger partial charge on any atom is -0.496 e. The van der Waals surface area contributed by atoms with Gasteiger partial charge in [0.05, 0.1) is 12.7 Å². The molecular weight excluding hydrogens is 278 g/mol. The molecule has 2 rings (SSSR count). The molecule has 0 aliphatic carbocycles. The highest BCUT2D eigenvalue weighted by atomic mass is 16.5. The molecule has 2 aromatic rings. The Morgan fingerprint density at radius 1 is 1.05 bits per heavy atom. The molecule has 0 unspecified atom stereocenters. The summed E-state index contributed by atoms with van der Waals surface area (Å²) in [7, 11) is 1.55. The van der Waals surface area contributed by atoms with Crippen LogP contribution in [0.25, 0.3) is 0 Å². The summed E-state index contributed by atoms with van der Waals surface area (Å²) in [4.78, 5) is 23.7. The summed E-state index contributed by atoms with van der Waals surface area (Å²) in [6.07, 6.45) is 0. The van der Waals surface area contributed by atoms with Crippen LogP contribution in [0.4, 0.5) is 5.69 Å². The molecule has 0 saturated heterocycles. The summed E-state index contributed by atoms with van der Waals surface area (Å²) in [5.74, 6) is 0.314. The number of Topliss-reactive ketones (excluding diaryl/α,β-unsaturated/α-hetero) is 1. The fourth-order valence-corrected chi connectivity index (χ4v) is 2.36. The molecule has 0 aliphatic rings. The Bertz CT molecular complexity index is 718. The van der Waals surface area contributed by atoms with E-state index in [0.29, 0.717) is 22.6 Å². The second-order valence-corrected chi connectivity index (χ2v) is 5.25. The van der Waals surface area contributed by atoms with E-state index >= 15 is 0 Å². The van der Waals surface area contributed by atoms with Crippen molar-refractivity contribution >= 4 is 17.4 Å². The monoisotopic (exact) mass is 297 g/mol. The standard InChI is InChI=1S/C18H19NO3/c1-11-9-12(2)17(16(10-11)22-4)18(21)19-15-7-5-14(6-8-15)13(3)20/h5-10H,1-4H3,(H,19,21). The molecule has 0 fully saturated rings. The number of methoxy groups -OCH3 is 1. The molecular formula is C18H19NO3. The molecule has 1 amide bonds. The van der Waals surface area contributed by atoms with E-state index in [1.54, 1.807) is 31.4 Å². The van der Waals surface area contributed by atoms with E-state index in [0.717, 1.165) is 11.1 Å². The number of rotatable bonds is 4. The first-order valence-electron chi connectivity index (χ1n) is 7.00. The molecule has 114 valence electrons. The maximum atomic E-state index is 12.5. The Balaban J connectivity index is 2.27. The highest BCUT2D eigenvalue weighted by molar-refractivity contribution is 6.07. The van der Waals surface area contributed by atoms with Crippen LogP contribution in [0.5, 0.6) is 5.75 Å². The van der Waals surface area contributed by atoms with Crippen molar-refractivity contribution in [1.29, 1.82) is 0 Å². The van der Waals surface area contributed by atoms with Crippen LogP contribution >= 0.6 is 0 Å². The third-order valence-electron chi connectivity index (χ3n) is 3.44. The smallest absolute Gasteiger partial charge is 0.259 e. The summed E-state index contributed by atoms with van der Waals surface area (Å²) in [6.45, 7) is 5.34. The van der Waals surface area contributed by atoms with Crippen LogP contribution in [0.1, 0.15) is 38.8 Å². The van der Waals surface area contributed by atoms with E-state index in [1.165, 1.54) is 6.92 Å². The molecule has 1 N–H and O–H groups in total. The maximum absolute atomic E-state index is 12.5. The van der Waals surface area contributed by atoms with Crippen molar-refractivity contribution in [2.75, 3.05) is 12.4 Å². The van der Waals surface area contributed by atoms with E-state index in [2.05, 4.69) is 5.32 Å². The summed E-state index contributed by atoms with van der Waals surface area (Å²) in [5, 5.41) is 2.83. The van der Waals surface area contributed by atoms with Crippen LogP contribution in [0.2, 0.25) is 0 Å². The van der Waals surface area contributed by atoms with Gasteiger partial charge in [-0.2, -0.15) is 0 Å². The number of nitrogens with one attached hydrogen (secondary N) is 1. The van der Waals surface area contributed by atoms with E-state index < -0.39 is 0 Å². The first kappa shape index (κ1) is 15.8. The fraction of sp³-hybridized carbons (Fsp3) is 0.222. The summed E-state index contributed by atoms with van der Waals surface area (Å²) in [6, 6.07) is 10.6. The third-order valence-corrected chi connectivity index (χ3v) is 3.44. The molecule has 4 nitrogen and oxygen atoms in total. The maximum Gasteiger partial charge on any atom is 0.259 e. The molecule has 0 bridgehead atoms. The summed E-state index contributed by atoms with van der Waals surface area (Å²) < 4.78 is 5.31. The largest absolute Gasteiger partial charge is 0.496 e. The lowest BCUT2D eigenvalue weighted by Crippen LogP contribution is -2.15. The number of ether oxygens (including phenoxy) is 1. The first-order valence-corrected chi connectivity index (χ1v) is 7.00. The lowest BCUT2D eigenvalue weighted by Gasteiger charge is -2.13. The Morgan fingerprint density at radius 3 is 2.23 bits per heavy atom. The van der Waals surface area contributed by atoms with E-state index in [1.807, 2.05) is 26.0 Å². The first-order chi connectivity index (χ1) is 10.4.